The maximum Gasteiger partial charge on any atom is 0.202 e. The molecule has 2 aliphatic heterocycles. The number of carbonyl (C=O) groups is 2. The highest BCUT2D eigenvalue weighted by atomic mass is 19.2. The molecule has 1 aromatic rings. The van der Waals surface area contributed by atoms with Crippen molar-refractivity contribution in [3.05, 3.63) is 23.3 Å². The van der Waals surface area contributed by atoms with Gasteiger partial charge in [-0.25, -0.2) is 4.39 Å². The Hall–Kier alpha value is -1.98. The highest BCUT2D eigenvalue weighted by Gasteiger charge is 2.38. The minimum atomic E-state index is -1.13. The SMILES string of the molecule is O=CC1CN2CCOc3c(F)c(F)cc(c32)C1=O. The summed E-state index contributed by atoms with van der Waals surface area (Å²) in [6, 6.07) is 0.841. The van der Waals surface area contributed by atoms with Crippen LogP contribution >= 0.6 is 0 Å². The van der Waals surface area contributed by atoms with Crippen LogP contribution in [0.4, 0.5) is 14.5 Å². The Kier molecular flexibility index (Phi) is 2.33. The van der Waals surface area contributed by atoms with E-state index >= 15 is 0 Å². The molecule has 1 atom stereocenters. The number of hydrogen-bond donors (Lipinski definition) is 0. The van der Waals surface area contributed by atoms with E-state index in [1.54, 1.807) is 4.90 Å². The van der Waals surface area contributed by atoms with E-state index in [9.17, 15) is 18.4 Å². The monoisotopic (exact) mass is 253 g/mol. The molecule has 1 unspecified atom stereocenters. The second-order valence-electron chi connectivity index (χ2n) is 4.30. The third-order valence-electron chi connectivity index (χ3n) is 3.26. The lowest BCUT2D eigenvalue weighted by molar-refractivity contribution is -0.109. The van der Waals surface area contributed by atoms with Gasteiger partial charge in [0.15, 0.2) is 17.3 Å². The largest absolute Gasteiger partial charge is 0.486 e. The van der Waals surface area contributed by atoms with E-state index in [0.29, 0.717) is 12.8 Å². The van der Waals surface area contributed by atoms with Crippen molar-refractivity contribution >= 4 is 17.8 Å². The summed E-state index contributed by atoms with van der Waals surface area (Å²) in [5.41, 5.74) is 0.287. The second kappa shape index (κ2) is 3.76. The number of rotatable bonds is 1. The van der Waals surface area contributed by atoms with Gasteiger partial charge in [-0.2, -0.15) is 4.39 Å². The number of halogens is 2. The van der Waals surface area contributed by atoms with Crippen LogP contribution in [0, 0.1) is 17.6 Å². The number of aldehydes is 1. The van der Waals surface area contributed by atoms with Crippen LogP contribution in [0.5, 0.6) is 5.75 Å². The Bertz CT molecular complexity index is 559. The lowest BCUT2D eigenvalue weighted by atomic mass is 9.90. The molecule has 2 heterocycles. The molecule has 0 saturated heterocycles. The molecule has 0 fully saturated rings. The van der Waals surface area contributed by atoms with E-state index in [1.165, 1.54) is 0 Å². The lowest BCUT2D eigenvalue weighted by Crippen LogP contribution is -2.44. The maximum absolute atomic E-state index is 13.6. The number of carbonyl (C=O) groups excluding carboxylic acids is 2. The average Bonchev–Trinajstić information content (AvgIpc) is 2.38. The van der Waals surface area contributed by atoms with E-state index in [-0.39, 0.29) is 30.2 Å². The first-order chi connectivity index (χ1) is 8.63. The van der Waals surface area contributed by atoms with Gasteiger partial charge in [-0.3, -0.25) is 4.79 Å². The molecule has 0 spiro atoms. The van der Waals surface area contributed by atoms with Gasteiger partial charge in [-0.05, 0) is 6.07 Å². The smallest absolute Gasteiger partial charge is 0.202 e. The zero-order valence-corrected chi connectivity index (χ0v) is 9.28. The molecule has 0 aromatic heterocycles. The molecule has 2 aliphatic rings. The maximum atomic E-state index is 13.6. The van der Waals surface area contributed by atoms with E-state index in [2.05, 4.69) is 0 Å². The van der Waals surface area contributed by atoms with Crippen molar-refractivity contribution < 1.29 is 23.1 Å². The first-order valence-electron chi connectivity index (χ1n) is 5.52. The van der Waals surface area contributed by atoms with Crippen molar-refractivity contribution in [1.29, 1.82) is 0 Å². The molecule has 0 radical (unpaired) electrons. The van der Waals surface area contributed by atoms with Crippen LogP contribution in [0.15, 0.2) is 6.07 Å². The molecule has 18 heavy (non-hydrogen) atoms. The molecular weight excluding hydrogens is 244 g/mol. The molecular formula is C12H9F2NO3. The Morgan fingerprint density at radius 2 is 2.22 bits per heavy atom. The van der Waals surface area contributed by atoms with E-state index in [0.717, 1.165) is 6.07 Å². The fourth-order valence-corrected chi connectivity index (χ4v) is 2.40. The quantitative estimate of drug-likeness (QED) is 0.557. The summed E-state index contributed by atoms with van der Waals surface area (Å²) in [5.74, 6) is -3.76. The Morgan fingerprint density at radius 1 is 1.44 bits per heavy atom. The fourth-order valence-electron chi connectivity index (χ4n) is 2.40. The van der Waals surface area contributed by atoms with Crippen molar-refractivity contribution in [2.75, 3.05) is 24.6 Å². The van der Waals surface area contributed by atoms with Crippen LogP contribution in [0.1, 0.15) is 10.4 Å². The van der Waals surface area contributed by atoms with Crippen LogP contribution in [0.25, 0.3) is 0 Å². The highest BCUT2D eigenvalue weighted by molar-refractivity contribution is 6.12. The third kappa shape index (κ3) is 1.35. The predicted molar refractivity (Wildman–Crippen MR) is 58.0 cm³/mol. The Labute approximate surface area is 101 Å². The summed E-state index contributed by atoms with van der Waals surface area (Å²) >= 11 is 0. The summed E-state index contributed by atoms with van der Waals surface area (Å²) in [7, 11) is 0. The van der Waals surface area contributed by atoms with Gasteiger partial charge in [-0.1, -0.05) is 0 Å². The van der Waals surface area contributed by atoms with Gasteiger partial charge >= 0.3 is 0 Å². The molecule has 4 nitrogen and oxygen atoms in total. The molecule has 3 rings (SSSR count). The third-order valence-corrected chi connectivity index (χ3v) is 3.26. The lowest BCUT2D eigenvalue weighted by Gasteiger charge is -2.37. The number of nitrogens with zero attached hydrogens (tertiary/aromatic N) is 1. The van der Waals surface area contributed by atoms with Gasteiger partial charge in [0.05, 0.1) is 18.2 Å². The summed E-state index contributed by atoms with van der Waals surface area (Å²) in [5, 5.41) is 0. The fraction of sp³-hybridized carbons (Fsp3) is 0.333. The normalized spacial score (nSPS) is 21.3. The number of ketones is 1. The van der Waals surface area contributed by atoms with Crippen LogP contribution < -0.4 is 9.64 Å². The summed E-state index contributed by atoms with van der Waals surface area (Å²) < 4.78 is 32.1. The van der Waals surface area contributed by atoms with Gasteiger partial charge in [0.2, 0.25) is 5.82 Å². The van der Waals surface area contributed by atoms with E-state index in [4.69, 9.17) is 4.74 Å². The number of hydrogen-bond acceptors (Lipinski definition) is 4. The van der Waals surface area contributed by atoms with Crippen molar-refractivity contribution in [3.63, 3.8) is 0 Å². The van der Waals surface area contributed by atoms with Crippen LogP contribution in [0.3, 0.4) is 0 Å². The standard InChI is InChI=1S/C12H9F2NO3/c13-8-3-7-10-12(9(8)14)18-2-1-15(10)4-6(5-16)11(7)17/h3,5-6H,1-2,4H2. The summed E-state index contributed by atoms with van der Waals surface area (Å²) in [6.45, 7) is 0.839. The number of ether oxygens (including phenoxy) is 1. The molecule has 0 saturated carbocycles. The zero-order chi connectivity index (χ0) is 12.9. The molecule has 94 valence electrons. The van der Waals surface area contributed by atoms with Crippen molar-refractivity contribution in [2.45, 2.75) is 0 Å². The van der Waals surface area contributed by atoms with Gasteiger partial charge in [-0.15, -0.1) is 0 Å². The van der Waals surface area contributed by atoms with E-state index in [1.807, 2.05) is 0 Å². The van der Waals surface area contributed by atoms with Crippen molar-refractivity contribution in [2.24, 2.45) is 5.92 Å². The molecule has 0 N–H and O–H groups in total. The van der Waals surface area contributed by atoms with Gasteiger partial charge in [0, 0.05) is 12.1 Å². The second-order valence-corrected chi connectivity index (χ2v) is 4.30. The average molecular weight is 253 g/mol. The molecule has 1 aromatic carbocycles. The van der Waals surface area contributed by atoms with Crippen LogP contribution in [-0.4, -0.2) is 31.8 Å². The zero-order valence-electron chi connectivity index (χ0n) is 9.28. The number of benzene rings is 1. The summed E-state index contributed by atoms with van der Waals surface area (Å²) in [6.07, 6.45) is 0.543. The summed E-state index contributed by atoms with van der Waals surface area (Å²) in [4.78, 5) is 24.5. The van der Waals surface area contributed by atoms with Crippen LogP contribution in [-0.2, 0) is 4.79 Å². The van der Waals surface area contributed by atoms with Gasteiger partial charge in [0.1, 0.15) is 12.9 Å². The molecule has 6 heteroatoms. The van der Waals surface area contributed by atoms with Gasteiger partial charge in [0.25, 0.3) is 0 Å². The van der Waals surface area contributed by atoms with Crippen molar-refractivity contribution in [3.8, 4) is 5.75 Å². The molecule has 0 bridgehead atoms. The van der Waals surface area contributed by atoms with Crippen molar-refractivity contribution in [1.82, 2.24) is 0 Å². The van der Waals surface area contributed by atoms with Crippen LogP contribution in [0.2, 0.25) is 0 Å². The first-order valence-corrected chi connectivity index (χ1v) is 5.52. The molecule has 0 aliphatic carbocycles. The highest BCUT2D eigenvalue weighted by Crippen LogP contribution is 2.42. The molecule has 0 amide bonds. The Balaban J connectivity index is 2.26. The predicted octanol–water partition coefficient (Wildman–Crippen LogP) is 1.18. The first kappa shape index (κ1) is 11.1. The van der Waals surface area contributed by atoms with E-state index < -0.39 is 23.3 Å². The minimum absolute atomic E-state index is 0.0203. The number of Topliss-reactive ketones (excluding diaryl/α,β-unsaturated/α-hetero) is 1. The minimum Gasteiger partial charge on any atom is -0.486 e. The van der Waals surface area contributed by atoms with Gasteiger partial charge < -0.3 is 14.4 Å². The Morgan fingerprint density at radius 3 is 2.94 bits per heavy atom. The number of anilines is 1. The topological polar surface area (TPSA) is 46.6 Å².